The van der Waals surface area contributed by atoms with Crippen LogP contribution in [0.1, 0.15) is 19.8 Å². The lowest BCUT2D eigenvalue weighted by molar-refractivity contribution is -0.121. The molecular formula is C14H19FN2O2. The van der Waals surface area contributed by atoms with Crippen molar-refractivity contribution in [2.24, 2.45) is 0 Å². The lowest BCUT2D eigenvalue weighted by Gasteiger charge is -2.29. The molecule has 0 saturated carbocycles. The molecule has 2 atom stereocenters. The number of halogens is 1. The lowest BCUT2D eigenvalue weighted by atomic mass is 10.1. The highest BCUT2D eigenvalue weighted by Gasteiger charge is 2.32. The third kappa shape index (κ3) is 2.93. The summed E-state index contributed by atoms with van der Waals surface area (Å²) in [4.78, 5) is 14.0. The first-order valence-electron chi connectivity index (χ1n) is 6.57. The molecule has 19 heavy (non-hydrogen) atoms. The molecule has 0 aromatic heterocycles. The smallest absolute Gasteiger partial charge is 0.244 e. The molecule has 0 radical (unpaired) electrons. The number of amides is 1. The van der Waals surface area contributed by atoms with Crippen molar-refractivity contribution in [1.82, 2.24) is 5.32 Å². The van der Waals surface area contributed by atoms with Crippen molar-refractivity contribution in [2.75, 3.05) is 18.1 Å². The van der Waals surface area contributed by atoms with E-state index in [9.17, 15) is 9.18 Å². The monoisotopic (exact) mass is 266 g/mol. The van der Waals surface area contributed by atoms with Gasteiger partial charge in [-0.25, -0.2) is 4.39 Å². The van der Waals surface area contributed by atoms with Gasteiger partial charge >= 0.3 is 0 Å². The summed E-state index contributed by atoms with van der Waals surface area (Å²) in [6.45, 7) is 2.53. The molecule has 104 valence electrons. The Kier molecular flexibility index (Phi) is 4.50. The predicted octanol–water partition coefficient (Wildman–Crippen LogP) is 1.29. The first-order valence-corrected chi connectivity index (χ1v) is 6.57. The molecule has 2 unspecified atom stereocenters. The van der Waals surface area contributed by atoms with Gasteiger partial charge in [-0.15, -0.1) is 0 Å². The average Bonchev–Trinajstić information content (AvgIpc) is 2.52. The second-order valence-corrected chi connectivity index (χ2v) is 4.82. The quantitative estimate of drug-likeness (QED) is 0.867. The fourth-order valence-electron chi connectivity index (χ4n) is 2.43. The summed E-state index contributed by atoms with van der Waals surface area (Å²) in [6.07, 6.45) is 1.10. The Morgan fingerprint density at radius 1 is 1.47 bits per heavy atom. The van der Waals surface area contributed by atoms with Gasteiger partial charge < -0.3 is 15.3 Å². The number of hydrogen-bond acceptors (Lipinski definition) is 3. The number of nitrogens with zero attached hydrogens (tertiary/aromatic N) is 1. The largest absolute Gasteiger partial charge is 0.396 e. The molecule has 5 heteroatoms. The van der Waals surface area contributed by atoms with Crippen molar-refractivity contribution in [3.05, 3.63) is 30.1 Å². The van der Waals surface area contributed by atoms with Gasteiger partial charge in [-0.05, 0) is 38.4 Å². The second-order valence-electron chi connectivity index (χ2n) is 4.82. The Bertz CT molecular complexity index is 453. The van der Waals surface area contributed by atoms with Crippen LogP contribution in [0, 0.1) is 5.82 Å². The Balaban J connectivity index is 2.34. The lowest BCUT2D eigenvalue weighted by Crippen LogP contribution is -2.46. The summed E-state index contributed by atoms with van der Waals surface area (Å²) in [7, 11) is 0. The minimum atomic E-state index is -0.449. The Labute approximate surface area is 112 Å². The number of aliphatic hydroxyl groups excluding tert-OH is 1. The third-order valence-corrected chi connectivity index (χ3v) is 3.46. The molecule has 1 aliphatic rings. The maximum absolute atomic E-state index is 13.9. The van der Waals surface area contributed by atoms with Crippen LogP contribution in [-0.2, 0) is 4.79 Å². The number of rotatable bonds is 3. The number of hydrogen-bond donors (Lipinski definition) is 2. The van der Waals surface area contributed by atoms with E-state index in [2.05, 4.69) is 5.32 Å². The molecule has 1 aromatic carbocycles. The molecule has 0 bridgehead atoms. The first-order chi connectivity index (χ1) is 9.15. The van der Waals surface area contributed by atoms with Crippen molar-refractivity contribution >= 4 is 11.6 Å². The number of nitrogens with one attached hydrogen (secondary N) is 1. The number of para-hydroxylation sites is 1. The molecule has 2 N–H and O–H groups in total. The molecule has 1 heterocycles. The summed E-state index contributed by atoms with van der Waals surface area (Å²) in [6, 6.07) is 5.78. The van der Waals surface area contributed by atoms with Crippen LogP contribution in [0.2, 0.25) is 0 Å². The highest BCUT2D eigenvalue weighted by Crippen LogP contribution is 2.25. The van der Waals surface area contributed by atoms with Crippen LogP contribution in [-0.4, -0.2) is 36.2 Å². The van der Waals surface area contributed by atoms with Crippen LogP contribution < -0.4 is 10.2 Å². The van der Waals surface area contributed by atoms with Gasteiger partial charge in [0.05, 0.1) is 11.7 Å². The molecule has 1 saturated heterocycles. The highest BCUT2D eigenvalue weighted by atomic mass is 19.1. The number of benzene rings is 1. The maximum atomic E-state index is 13.9. The Hall–Kier alpha value is -1.46. The maximum Gasteiger partial charge on any atom is 0.244 e. The standard InChI is InChI=1S/C14H19FN2O2/c1-10-6-8-16-12(7-9-18)14(19)17(10)13-5-3-2-4-11(13)15/h2-5,10,12,16,18H,6-9H2,1H3. The SMILES string of the molecule is CC1CCNC(CCO)C(=O)N1c1ccccc1F. The molecule has 0 spiro atoms. The zero-order valence-electron chi connectivity index (χ0n) is 11.0. The van der Waals surface area contributed by atoms with E-state index in [1.807, 2.05) is 6.92 Å². The van der Waals surface area contributed by atoms with Gasteiger partial charge in [0.2, 0.25) is 5.91 Å². The summed E-state index contributed by atoms with van der Waals surface area (Å²) >= 11 is 0. The zero-order chi connectivity index (χ0) is 13.8. The molecule has 1 amide bonds. The van der Waals surface area contributed by atoms with Crippen LogP contribution >= 0.6 is 0 Å². The van der Waals surface area contributed by atoms with Crippen molar-refractivity contribution in [3.8, 4) is 0 Å². The van der Waals surface area contributed by atoms with Crippen LogP contribution in [0.25, 0.3) is 0 Å². The van der Waals surface area contributed by atoms with Crippen molar-refractivity contribution in [1.29, 1.82) is 0 Å². The van der Waals surface area contributed by atoms with Gasteiger partial charge in [0.1, 0.15) is 5.82 Å². The van der Waals surface area contributed by atoms with E-state index < -0.39 is 11.9 Å². The number of anilines is 1. The van der Waals surface area contributed by atoms with E-state index in [4.69, 9.17) is 5.11 Å². The van der Waals surface area contributed by atoms with Gasteiger partial charge in [0, 0.05) is 12.6 Å². The fraction of sp³-hybridized carbons (Fsp3) is 0.500. The number of carbonyl (C=O) groups is 1. The van der Waals surface area contributed by atoms with Gasteiger partial charge in [0.25, 0.3) is 0 Å². The minimum Gasteiger partial charge on any atom is -0.396 e. The van der Waals surface area contributed by atoms with Crippen molar-refractivity contribution < 1.29 is 14.3 Å². The topological polar surface area (TPSA) is 52.6 Å². The van der Waals surface area contributed by atoms with E-state index in [0.29, 0.717) is 18.7 Å². The van der Waals surface area contributed by atoms with Gasteiger partial charge in [0.15, 0.2) is 0 Å². The van der Waals surface area contributed by atoms with E-state index >= 15 is 0 Å². The van der Waals surface area contributed by atoms with E-state index in [1.165, 1.54) is 11.0 Å². The van der Waals surface area contributed by atoms with E-state index in [0.717, 1.165) is 6.42 Å². The molecule has 0 aliphatic carbocycles. The molecular weight excluding hydrogens is 247 g/mol. The average molecular weight is 266 g/mol. The van der Waals surface area contributed by atoms with E-state index in [-0.39, 0.29) is 18.6 Å². The summed E-state index contributed by atoms with van der Waals surface area (Å²) in [5.41, 5.74) is 0.312. The fourth-order valence-corrected chi connectivity index (χ4v) is 2.43. The Morgan fingerprint density at radius 2 is 2.21 bits per heavy atom. The third-order valence-electron chi connectivity index (χ3n) is 3.46. The summed E-state index contributed by atoms with van der Waals surface area (Å²) in [5.74, 6) is -0.573. The first kappa shape index (κ1) is 14.0. The van der Waals surface area contributed by atoms with Gasteiger partial charge in [-0.1, -0.05) is 12.1 Å². The number of carbonyl (C=O) groups excluding carboxylic acids is 1. The normalized spacial score (nSPS) is 24.4. The molecule has 4 nitrogen and oxygen atoms in total. The van der Waals surface area contributed by atoms with Crippen LogP contribution in [0.3, 0.4) is 0 Å². The zero-order valence-corrected chi connectivity index (χ0v) is 11.0. The van der Waals surface area contributed by atoms with Crippen LogP contribution in [0.4, 0.5) is 10.1 Å². The van der Waals surface area contributed by atoms with Crippen molar-refractivity contribution in [2.45, 2.75) is 31.8 Å². The summed E-state index contributed by atoms with van der Waals surface area (Å²) < 4.78 is 13.9. The van der Waals surface area contributed by atoms with Crippen LogP contribution in [0.15, 0.2) is 24.3 Å². The van der Waals surface area contributed by atoms with Gasteiger partial charge in [-0.3, -0.25) is 4.79 Å². The van der Waals surface area contributed by atoms with Crippen LogP contribution in [0.5, 0.6) is 0 Å². The predicted molar refractivity (Wildman–Crippen MR) is 71.5 cm³/mol. The molecule has 1 fully saturated rings. The summed E-state index contributed by atoms with van der Waals surface area (Å²) in [5, 5.41) is 12.1. The highest BCUT2D eigenvalue weighted by molar-refractivity contribution is 5.98. The van der Waals surface area contributed by atoms with E-state index in [1.54, 1.807) is 18.2 Å². The molecule has 1 aromatic rings. The molecule has 2 rings (SSSR count). The van der Waals surface area contributed by atoms with Gasteiger partial charge in [-0.2, -0.15) is 0 Å². The minimum absolute atomic E-state index is 0.0666. The Morgan fingerprint density at radius 3 is 2.89 bits per heavy atom. The second kappa shape index (κ2) is 6.12. The molecule has 1 aliphatic heterocycles. The van der Waals surface area contributed by atoms with Crippen molar-refractivity contribution in [3.63, 3.8) is 0 Å². The number of aliphatic hydroxyl groups is 1.